The fourth-order valence-electron chi connectivity index (χ4n) is 4.31. The van der Waals surface area contributed by atoms with Gasteiger partial charge in [-0.1, -0.05) is 6.07 Å². The van der Waals surface area contributed by atoms with Crippen LogP contribution in [0.15, 0.2) is 53.4 Å². The molecule has 1 atom stereocenters. The van der Waals surface area contributed by atoms with Crippen molar-refractivity contribution in [3.63, 3.8) is 0 Å². The molecule has 9 nitrogen and oxygen atoms in total. The maximum absolute atomic E-state index is 13.0. The van der Waals surface area contributed by atoms with E-state index in [0.29, 0.717) is 23.1 Å². The van der Waals surface area contributed by atoms with Gasteiger partial charge >= 0.3 is 18.1 Å². The summed E-state index contributed by atoms with van der Waals surface area (Å²) in [5.41, 5.74) is -0.187. The second-order valence-electron chi connectivity index (χ2n) is 9.38. The van der Waals surface area contributed by atoms with Gasteiger partial charge in [0.25, 0.3) is 15.9 Å². The monoisotopic (exact) mass is 624 g/mol. The van der Waals surface area contributed by atoms with Gasteiger partial charge in [0.05, 0.1) is 28.2 Å². The Hall–Kier alpha value is -3.91. The first kappa shape index (κ1) is 31.0. The molecular weight excluding hydrogens is 597 g/mol. The molecule has 1 aliphatic carbocycles. The van der Waals surface area contributed by atoms with E-state index in [1.54, 1.807) is 6.92 Å². The Morgan fingerprint density at radius 3 is 2.38 bits per heavy atom. The Labute approximate surface area is 244 Å². The lowest BCUT2D eigenvalue weighted by Crippen LogP contribution is -2.30. The number of esters is 2. The molecule has 1 aromatic heterocycles. The number of amides is 1. The van der Waals surface area contributed by atoms with Crippen molar-refractivity contribution < 1.29 is 45.4 Å². The third-order valence-electron chi connectivity index (χ3n) is 6.38. The lowest BCUT2D eigenvalue weighted by Gasteiger charge is -2.15. The van der Waals surface area contributed by atoms with Crippen molar-refractivity contribution in [1.82, 2.24) is 0 Å². The number of hydrogen-bond donors (Lipinski definition) is 2. The maximum Gasteiger partial charge on any atom is 0.416 e. The molecule has 0 spiro atoms. The number of thiophene rings is 1. The summed E-state index contributed by atoms with van der Waals surface area (Å²) in [6.07, 6.45) is -2.55. The average molecular weight is 625 g/mol. The van der Waals surface area contributed by atoms with E-state index in [4.69, 9.17) is 9.47 Å². The molecule has 1 amide bonds. The van der Waals surface area contributed by atoms with Gasteiger partial charge in [-0.05, 0) is 87.6 Å². The number of nitrogens with one attached hydrogen (secondary N) is 2. The molecule has 1 aliphatic rings. The van der Waals surface area contributed by atoms with Crippen LogP contribution < -0.4 is 10.0 Å². The zero-order valence-electron chi connectivity index (χ0n) is 22.5. The summed E-state index contributed by atoms with van der Waals surface area (Å²) >= 11 is 1.29. The zero-order chi connectivity index (χ0) is 30.7. The van der Waals surface area contributed by atoms with Gasteiger partial charge in [-0.3, -0.25) is 9.52 Å². The van der Waals surface area contributed by atoms with E-state index in [9.17, 15) is 36.0 Å². The number of carbonyl (C=O) groups is 3. The highest BCUT2D eigenvalue weighted by Crippen LogP contribution is 2.39. The highest BCUT2D eigenvalue weighted by molar-refractivity contribution is 7.92. The van der Waals surface area contributed by atoms with Crippen LogP contribution in [0.3, 0.4) is 0 Å². The van der Waals surface area contributed by atoms with E-state index in [0.717, 1.165) is 66.1 Å². The van der Waals surface area contributed by atoms with Gasteiger partial charge < -0.3 is 14.8 Å². The van der Waals surface area contributed by atoms with Crippen LogP contribution in [-0.4, -0.2) is 39.0 Å². The molecule has 224 valence electrons. The molecule has 1 unspecified atom stereocenters. The first-order valence-corrected chi connectivity index (χ1v) is 15.2. The van der Waals surface area contributed by atoms with E-state index >= 15 is 0 Å². The molecule has 4 rings (SSSR count). The van der Waals surface area contributed by atoms with Crippen molar-refractivity contribution >= 4 is 49.9 Å². The van der Waals surface area contributed by atoms with Crippen molar-refractivity contribution in [3.8, 4) is 0 Å². The van der Waals surface area contributed by atoms with Crippen LogP contribution in [0.1, 0.15) is 63.4 Å². The Morgan fingerprint density at radius 1 is 1.02 bits per heavy atom. The van der Waals surface area contributed by atoms with Crippen molar-refractivity contribution in [2.45, 2.75) is 56.7 Å². The largest absolute Gasteiger partial charge is 0.462 e. The van der Waals surface area contributed by atoms with Gasteiger partial charge in [-0.25, -0.2) is 18.0 Å². The second kappa shape index (κ2) is 12.5. The SMILES string of the molecule is CCOC(=O)c1c(NC(=O)C(C)OC(=O)c2ccc(S(=O)(=O)Nc3cccc(C(F)(F)F)c3)cc2)sc2c1CCCC2. The molecule has 14 heteroatoms. The van der Waals surface area contributed by atoms with Crippen LogP contribution in [0, 0.1) is 0 Å². The van der Waals surface area contributed by atoms with Crippen molar-refractivity contribution in [2.75, 3.05) is 16.6 Å². The van der Waals surface area contributed by atoms with Crippen LogP contribution in [0.4, 0.5) is 23.9 Å². The van der Waals surface area contributed by atoms with Gasteiger partial charge in [-0.2, -0.15) is 13.2 Å². The van der Waals surface area contributed by atoms with Gasteiger partial charge in [0.15, 0.2) is 6.10 Å². The molecule has 2 N–H and O–H groups in total. The highest BCUT2D eigenvalue weighted by atomic mass is 32.2. The summed E-state index contributed by atoms with van der Waals surface area (Å²) in [4.78, 5) is 38.9. The topological polar surface area (TPSA) is 128 Å². The third-order valence-corrected chi connectivity index (χ3v) is 8.99. The van der Waals surface area contributed by atoms with Gasteiger partial charge in [-0.15, -0.1) is 11.3 Å². The summed E-state index contributed by atoms with van der Waals surface area (Å²) in [7, 11) is -4.28. The molecule has 0 bridgehead atoms. The number of anilines is 2. The van der Waals surface area contributed by atoms with Crippen LogP contribution >= 0.6 is 11.3 Å². The van der Waals surface area contributed by atoms with E-state index in [2.05, 4.69) is 10.0 Å². The normalized spacial score (nSPS) is 13.9. The number of halogens is 3. The number of sulfonamides is 1. The number of benzene rings is 2. The molecule has 2 aromatic carbocycles. The number of rotatable bonds is 9. The van der Waals surface area contributed by atoms with Crippen LogP contribution in [0.5, 0.6) is 0 Å². The van der Waals surface area contributed by atoms with Gasteiger partial charge in [0.2, 0.25) is 0 Å². The van der Waals surface area contributed by atoms with Crippen molar-refractivity contribution in [2.24, 2.45) is 0 Å². The number of ether oxygens (including phenoxy) is 2. The predicted molar refractivity (Wildman–Crippen MR) is 149 cm³/mol. The molecule has 0 saturated heterocycles. The lowest BCUT2D eigenvalue weighted by atomic mass is 9.95. The first-order valence-electron chi connectivity index (χ1n) is 12.9. The van der Waals surface area contributed by atoms with Crippen molar-refractivity contribution in [3.05, 3.63) is 75.7 Å². The van der Waals surface area contributed by atoms with Crippen LogP contribution in [0.25, 0.3) is 0 Å². The van der Waals surface area contributed by atoms with Crippen molar-refractivity contribution in [1.29, 1.82) is 0 Å². The molecule has 0 radical (unpaired) electrons. The number of aryl methyl sites for hydroxylation is 1. The highest BCUT2D eigenvalue weighted by Gasteiger charge is 2.31. The Bertz CT molecular complexity index is 1600. The quantitative estimate of drug-likeness (QED) is 0.288. The molecule has 0 fully saturated rings. The maximum atomic E-state index is 13.0. The molecule has 1 heterocycles. The summed E-state index contributed by atoms with van der Waals surface area (Å²) in [5.74, 6) is -2.12. The first-order chi connectivity index (χ1) is 19.8. The van der Waals surface area contributed by atoms with Gasteiger partial charge in [0.1, 0.15) is 5.00 Å². The molecular formula is C28H27F3N2O7S2. The Morgan fingerprint density at radius 2 is 1.71 bits per heavy atom. The standard InChI is InChI=1S/C28H27F3N2O7S2/c1-3-39-27(36)23-21-9-4-5-10-22(21)41-25(23)32-24(34)16(2)40-26(35)17-11-13-20(14-12-17)42(37,38)33-19-8-6-7-18(15-19)28(29,30)31/h6-8,11-16,33H,3-5,9-10H2,1-2H3,(H,32,34). The van der Waals surface area contributed by atoms with E-state index in [-0.39, 0.29) is 22.8 Å². The second-order valence-corrected chi connectivity index (χ2v) is 12.2. The number of carbonyl (C=O) groups excluding carboxylic acids is 3. The molecule has 0 aliphatic heterocycles. The number of fused-ring (bicyclic) bond motifs is 1. The van der Waals surface area contributed by atoms with Crippen LogP contribution in [-0.2, 0) is 43.3 Å². The summed E-state index contributed by atoms with van der Waals surface area (Å²) < 4.78 is 76.7. The molecule has 42 heavy (non-hydrogen) atoms. The van der Waals surface area contributed by atoms with E-state index in [1.165, 1.54) is 24.3 Å². The Kier molecular flexibility index (Phi) is 9.26. The summed E-state index contributed by atoms with van der Waals surface area (Å²) in [5, 5.41) is 3.00. The fraction of sp³-hybridized carbons (Fsp3) is 0.321. The summed E-state index contributed by atoms with van der Waals surface area (Å²) in [6, 6.07) is 8.19. The van der Waals surface area contributed by atoms with Crippen LogP contribution in [0.2, 0.25) is 0 Å². The number of hydrogen-bond acceptors (Lipinski definition) is 8. The molecule has 0 saturated carbocycles. The summed E-state index contributed by atoms with van der Waals surface area (Å²) in [6.45, 7) is 3.21. The third kappa shape index (κ3) is 7.10. The minimum absolute atomic E-state index is 0.0635. The fourth-order valence-corrected chi connectivity index (χ4v) is 6.64. The number of alkyl halides is 3. The van der Waals surface area contributed by atoms with E-state index < -0.39 is 45.7 Å². The minimum atomic E-state index is -4.65. The average Bonchev–Trinajstić information content (AvgIpc) is 3.30. The predicted octanol–water partition coefficient (Wildman–Crippen LogP) is 5.81. The lowest BCUT2D eigenvalue weighted by molar-refractivity contribution is -0.137. The minimum Gasteiger partial charge on any atom is -0.462 e. The Balaban J connectivity index is 1.42. The molecule has 3 aromatic rings. The van der Waals surface area contributed by atoms with E-state index in [1.807, 2.05) is 0 Å². The van der Waals surface area contributed by atoms with Gasteiger partial charge in [0, 0.05) is 10.6 Å². The zero-order valence-corrected chi connectivity index (χ0v) is 24.2. The smallest absolute Gasteiger partial charge is 0.416 e.